The number of imidazole rings is 1. The second-order valence-electron chi connectivity index (χ2n) is 6.65. The summed E-state index contributed by atoms with van der Waals surface area (Å²) < 4.78 is 38.7. The second-order valence-corrected chi connectivity index (χ2v) is 6.65. The molecule has 10 nitrogen and oxygen atoms in total. The van der Waals surface area contributed by atoms with Crippen LogP contribution in [0.4, 0.5) is 25.1 Å². The van der Waals surface area contributed by atoms with Crippen molar-refractivity contribution < 1.29 is 27.8 Å². The molecule has 0 aliphatic carbocycles. The molecule has 2 aromatic heterocycles. The zero-order valence-electron chi connectivity index (χ0n) is 15.3. The third-order valence-corrected chi connectivity index (χ3v) is 4.67. The quantitative estimate of drug-likeness (QED) is 0.762. The van der Waals surface area contributed by atoms with Crippen molar-refractivity contribution in [2.75, 3.05) is 23.4 Å². The first-order valence-electron chi connectivity index (χ1n) is 8.85. The van der Waals surface area contributed by atoms with Gasteiger partial charge in [0.25, 0.3) is 6.43 Å². The minimum Gasteiger partial charge on any atom is -0.489 e. The smallest absolute Gasteiger partial charge is 0.416 e. The first-order valence-corrected chi connectivity index (χ1v) is 8.85. The average molecular weight is 408 g/mol. The van der Waals surface area contributed by atoms with Crippen LogP contribution in [0.2, 0.25) is 0 Å². The van der Waals surface area contributed by atoms with E-state index in [1.54, 1.807) is 17.6 Å². The van der Waals surface area contributed by atoms with Crippen molar-refractivity contribution in [3.05, 3.63) is 18.5 Å². The number of anilines is 2. The van der Waals surface area contributed by atoms with Gasteiger partial charge in [0.1, 0.15) is 31.0 Å². The van der Waals surface area contributed by atoms with E-state index in [4.69, 9.17) is 15.2 Å². The Labute approximate surface area is 163 Å². The molecule has 2 amide bonds. The van der Waals surface area contributed by atoms with E-state index in [1.807, 2.05) is 0 Å². The molecular formula is C17H18F2N6O4. The Morgan fingerprint density at radius 2 is 2.21 bits per heavy atom. The molecule has 1 unspecified atom stereocenters. The van der Waals surface area contributed by atoms with E-state index in [2.05, 4.69) is 15.3 Å². The summed E-state index contributed by atoms with van der Waals surface area (Å²) in [7, 11) is 0. The molecule has 0 aromatic carbocycles. The number of nitrogens with one attached hydrogen (secondary N) is 1. The van der Waals surface area contributed by atoms with E-state index in [9.17, 15) is 18.4 Å². The molecule has 4 heterocycles. The molecule has 29 heavy (non-hydrogen) atoms. The molecule has 2 aromatic rings. The van der Waals surface area contributed by atoms with Gasteiger partial charge in [-0.15, -0.1) is 0 Å². The number of carbonyl (C=O) groups excluding carboxylic acids is 2. The first kappa shape index (κ1) is 18.9. The Morgan fingerprint density at radius 3 is 2.93 bits per heavy atom. The Hall–Kier alpha value is -3.44. The van der Waals surface area contributed by atoms with E-state index in [0.717, 1.165) is 4.90 Å². The topological polar surface area (TPSA) is 125 Å². The number of hydrogen-bond donors (Lipinski definition) is 2. The van der Waals surface area contributed by atoms with Crippen LogP contribution in [0.1, 0.15) is 6.92 Å². The third-order valence-electron chi connectivity index (χ3n) is 4.67. The monoisotopic (exact) mass is 408 g/mol. The molecule has 0 bridgehead atoms. The summed E-state index contributed by atoms with van der Waals surface area (Å²) in [5, 5.41) is 2.91. The van der Waals surface area contributed by atoms with Crippen LogP contribution in [0, 0.1) is 0 Å². The van der Waals surface area contributed by atoms with E-state index in [1.165, 1.54) is 12.4 Å². The Bertz CT molecular complexity index is 965. The van der Waals surface area contributed by atoms with Crippen LogP contribution in [0.25, 0.3) is 11.5 Å². The van der Waals surface area contributed by atoms with Crippen molar-refractivity contribution in [3.8, 4) is 17.3 Å². The molecule has 2 aliphatic heterocycles. The van der Waals surface area contributed by atoms with Gasteiger partial charge >= 0.3 is 6.09 Å². The molecule has 4 rings (SSSR count). The number of aromatic nitrogens is 3. The van der Waals surface area contributed by atoms with Gasteiger partial charge in [0, 0.05) is 12.3 Å². The average Bonchev–Trinajstić information content (AvgIpc) is 3.21. The fraction of sp³-hybridized carbons (Fsp3) is 0.412. The molecule has 2 atom stereocenters. The van der Waals surface area contributed by atoms with Crippen LogP contribution in [-0.2, 0) is 16.1 Å². The normalized spacial score (nSPS) is 19.1. The number of alkyl halides is 2. The van der Waals surface area contributed by atoms with E-state index in [0.29, 0.717) is 29.5 Å². The van der Waals surface area contributed by atoms with Crippen molar-refractivity contribution in [1.82, 2.24) is 14.5 Å². The van der Waals surface area contributed by atoms with Crippen LogP contribution < -0.4 is 20.7 Å². The molecule has 0 spiro atoms. The van der Waals surface area contributed by atoms with Gasteiger partial charge in [0.2, 0.25) is 5.91 Å². The Kier molecular flexibility index (Phi) is 4.68. The summed E-state index contributed by atoms with van der Waals surface area (Å²) >= 11 is 0. The predicted octanol–water partition coefficient (Wildman–Crippen LogP) is 1.21. The summed E-state index contributed by atoms with van der Waals surface area (Å²) in [5.41, 5.74) is 6.16. The van der Waals surface area contributed by atoms with Crippen LogP contribution in [0.5, 0.6) is 5.75 Å². The van der Waals surface area contributed by atoms with Crippen LogP contribution in [-0.4, -0.2) is 58.3 Å². The minimum absolute atomic E-state index is 0.0620. The number of rotatable bonds is 5. The molecule has 0 saturated carbocycles. The number of nitrogens with zero attached hydrogens (tertiary/aromatic N) is 4. The van der Waals surface area contributed by atoms with Crippen molar-refractivity contribution >= 4 is 23.5 Å². The van der Waals surface area contributed by atoms with Crippen molar-refractivity contribution in [2.24, 2.45) is 5.73 Å². The predicted molar refractivity (Wildman–Crippen MR) is 96.9 cm³/mol. The third kappa shape index (κ3) is 3.41. The number of ether oxygens (including phenoxy) is 2. The Morgan fingerprint density at radius 1 is 1.41 bits per heavy atom. The summed E-state index contributed by atoms with van der Waals surface area (Å²) in [6.45, 7) is 1.86. The molecule has 1 saturated heterocycles. The maximum absolute atomic E-state index is 13.3. The number of carbonyl (C=O) groups is 2. The number of nitrogens with two attached hydrogens (primary N) is 1. The maximum Gasteiger partial charge on any atom is 0.416 e. The second kappa shape index (κ2) is 7.18. The number of pyridine rings is 1. The lowest BCUT2D eigenvalue weighted by Gasteiger charge is -2.17. The Balaban J connectivity index is 1.68. The standard InChI is InChI=1S/C17H18F2N6O4/c1-8(15(20)26)22-9-4-11-13(21-5-9)16-23-12(6-24(16)2-3-28-11)25-10(14(18)19)7-29-17(25)27/h4-6,8,10,14,22H,2-3,7H2,1H3,(H2,20,26)/t8-,10?/m0/s1. The van der Waals surface area contributed by atoms with Gasteiger partial charge in [-0.2, -0.15) is 0 Å². The van der Waals surface area contributed by atoms with Crippen LogP contribution >= 0.6 is 0 Å². The lowest BCUT2D eigenvalue weighted by molar-refractivity contribution is -0.118. The fourth-order valence-electron chi connectivity index (χ4n) is 3.14. The SMILES string of the molecule is C[C@H](Nc1cnc2c(c1)OCCn1cc(N3C(=O)OCC3C(F)F)nc1-2)C(N)=O. The number of amides is 2. The maximum atomic E-state index is 13.3. The van der Waals surface area contributed by atoms with Gasteiger partial charge in [-0.05, 0) is 6.92 Å². The first-order chi connectivity index (χ1) is 13.8. The van der Waals surface area contributed by atoms with Gasteiger partial charge < -0.3 is 25.1 Å². The summed E-state index contributed by atoms with van der Waals surface area (Å²) in [6, 6.07) is -0.355. The molecule has 0 radical (unpaired) electrons. The number of halogens is 2. The van der Waals surface area contributed by atoms with E-state index >= 15 is 0 Å². The number of cyclic esters (lactones) is 1. The number of fused-ring (bicyclic) bond motifs is 3. The minimum atomic E-state index is -2.77. The van der Waals surface area contributed by atoms with Gasteiger partial charge in [0.15, 0.2) is 17.4 Å². The molecule has 3 N–H and O–H groups in total. The van der Waals surface area contributed by atoms with E-state index < -0.39 is 37.1 Å². The highest BCUT2D eigenvalue weighted by Gasteiger charge is 2.42. The molecule has 154 valence electrons. The highest BCUT2D eigenvalue weighted by molar-refractivity contribution is 5.89. The van der Waals surface area contributed by atoms with Gasteiger partial charge in [-0.3, -0.25) is 4.79 Å². The van der Waals surface area contributed by atoms with Crippen molar-refractivity contribution in [2.45, 2.75) is 32.0 Å². The fourth-order valence-corrected chi connectivity index (χ4v) is 3.14. The van der Waals surface area contributed by atoms with Gasteiger partial charge in [-0.1, -0.05) is 0 Å². The van der Waals surface area contributed by atoms with E-state index in [-0.39, 0.29) is 12.4 Å². The lowest BCUT2D eigenvalue weighted by Crippen LogP contribution is -2.38. The molecule has 2 aliphatic rings. The van der Waals surface area contributed by atoms with Crippen LogP contribution in [0.15, 0.2) is 18.5 Å². The van der Waals surface area contributed by atoms with Crippen molar-refractivity contribution in [3.63, 3.8) is 0 Å². The summed E-state index contributed by atoms with van der Waals surface area (Å²) in [6.07, 6.45) is -0.651. The zero-order valence-corrected chi connectivity index (χ0v) is 15.3. The lowest BCUT2D eigenvalue weighted by atomic mass is 10.2. The number of primary amides is 1. The van der Waals surface area contributed by atoms with Crippen molar-refractivity contribution in [1.29, 1.82) is 0 Å². The molecule has 12 heteroatoms. The highest BCUT2D eigenvalue weighted by atomic mass is 19.3. The summed E-state index contributed by atoms with van der Waals surface area (Å²) in [5.74, 6) is 0.311. The van der Waals surface area contributed by atoms with Crippen LogP contribution in [0.3, 0.4) is 0 Å². The number of hydrogen-bond acceptors (Lipinski definition) is 7. The zero-order chi connectivity index (χ0) is 20.7. The largest absolute Gasteiger partial charge is 0.489 e. The molecular weight excluding hydrogens is 390 g/mol. The summed E-state index contributed by atoms with van der Waals surface area (Å²) in [4.78, 5) is 32.7. The van der Waals surface area contributed by atoms with Gasteiger partial charge in [0.05, 0.1) is 18.4 Å². The van der Waals surface area contributed by atoms with Gasteiger partial charge in [-0.25, -0.2) is 28.4 Å². The molecule has 1 fully saturated rings. The highest BCUT2D eigenvalue weighted by Crippen LogP contribution is 2.35.